The molecule has 2 aromatic rings. The van der Waals surface area contributed by atoms with Crippen LogP contribution in [0.2, 0.25) is 15.1 Å². The van der Waals surface area contributed by atoms with Crippen LogP contribution in [0.15, 0.2) is 36.4 Å². The number of non-ortho nitro benzene ring substituents is 1. The minimum absolute atomic E-state index is 0.0396. The van der Waals surface area contributed by atoms with E-state index in [4.69, 9.17) is 34.8 Å². The lowest BCUT2D eigenvalue weighted by Crippen LogP contribution is -2.04. The van der Waals surface area contributed by atoms with Crippen LogP contribution in [0.3, 0.4) is 0 Å². The highest BCUT2D eigenvalue weighted by molar-refractivity contribution is 6.45. The van der Waals surface area contributed by atoms with Crippen molar-refractivity contribution in [2.24, 2.45) is 0 Å². The van der Waals surface area contributed by atoms with E-state index in [2.05, 4.69) is 0 Å². The van der Waals surface area contributed by atoms with Crippen molar-refractivity contribution in [3.63, 3.8) is 0 Å². The normalized spacial score (nSPS) is 10.3. The number of hydrogen-bond donors (Lipinski definition) is 0. The first-order chi connectivity index (χ1) is 9.41. The quantitative estimate of drug-likeness (QED) is 0.462. The summed E-state index contributed by atoms with van der Waals surface area (Å²) in [6, 6.07) is 8.52. The van der Waals surface area contributed by atoms with Gasteiger partial charge in [0, 0.05) is 23.3 Å². The summed E-state index contributed by atoms with van der Waals surface area (Å²) in [7, 11) is 0. The van der Waals surface area contributed by atoms with E-state index in [0.717, 1.165) is 12.1 Å². The third-order valence-electron chi connectivity index (χ3n) is 2.59. The maximum Gasteiger partial charge on any atom is 0.271 e. The molecule has 0 aliphatic carbocycles. The van der Waals surface area contributed by atoms with Crippen LogP contribution in [-0.4, -0.2) is 10.7 Å². The summed E-state index contributed by atoms with van der Waals surface area (Å²) in [4.78, 5) is 22.5. The van der Waals surface area contributed by atoms with Crippen LogP contribution < -0.4 is 0 Å². The van der Waals surface area contributed by atoms with E-state index >= 15 is 0 Å². The fourth-order valence-electron chi connectivity index (χ4n) is 1.64. The van der Waals surface area contributed by atoms with Gasteiger partial charge in [-0.15, -0.1) is 0 Å². The van der Waals surface area contributed by atoms with Crippen LogP contribution >= 0.6 is 34.8 Å². The molecule has 0 spiro atoms. The van der Waals surface area contributed by atoms with Crippen molar-refractivity contribution >= 4 is 46.3 Å². The summed E-state index contributed by atoms with van der Waals surface area (Å²) in [6.07, 6.45) is 0. The summed E-state index contributed by atoms with van der Waals surface area (Å²) in [5.41, 5.74) is -0.165. The third-order valence-corrected chi connectivity index (χ3v) is 3.72. The molecule has 0 aliphatic heterocycles. The minimum atomic E-state index is -0.647. The van der Waals surface area contributed by atoms with Gasteiger partial charge < -0.3 is 0 Å². The number of nitrogens with zero attached hydrogens (tertiary/aromatic N) is 1. The van der Waals surface area contributed by atoms with Crippen molar-refractivity contribution in [3.8, 4) is 0 Å². The molecule has 0 saturated heterocycles. The Morgan fingerprint density at radius 2 is 1.65 bits per heavy atom. The van der Waals surface area contributed by atoms with Gasteiger partial charge in [-0.3, -0.25) is 14.9 Å². The predicted molar refractivity (Wildman–Crippen MR) is 78.0 cm³/mol. The number of carbonyl (C=O) groups excluding carboxylic acids is 1. The predicted octanol–water partition coefficient (Wildman–Crippen LogP) is 4.79. The lowest BCUT2D eigenvalue weighted by Gasteiger charge is -2.07. The smallest absolute Gasteiger partial charge is 0.271 e. The van der Waals surface area contributed by atoms with Crippen LogP contribution in [0.4, 0.5) is 5.69 Å². The number of carbonyl (C=O) groups is 1. The molecule has 20 heavy (non-hydrogen) atoms. The van der Waals surface area contributed by atoms with Crippen LogP contribution in [0, 0.1) is 10.1 Å². The lowest BCUT2D eigenvalue weighted by molar-refractivity contribution is -0.384. The number of nitro benzene ring substituents is 1. The van der Waals surface area contributed by atoms with E-state index in [1.54, 1.807) is 18.2 Å². The van der Waals surface area contributed by atoms with Gasteiger partial charge in [0.15, 0.2) is 5.78 Å². The zero-order valence-electron chi connectivity index (χ0n) is 9.77. The molecule has 0 amide bonds. The van der Waals surface area contributed by atoms with Gasteiger partial charge in [-0.25, -0.2) is 0 Å². The lowest BCUT2D eigenvalue weighted by atomic mass is 10.0. The van der Waals surface area contributed by atoms with Crippen molar-refractivity contribution in [2.45, 2.75) is 0 Å². The highest BCUT2D eigenvalue weighted by atomic mass is 35.5. The molecular formula is C13H6Cl3NO3. The molecule has 0 N–H and O–H groups in total. The van der Waals surface area contributed by atoms with E-state index in [-0.39, 0.29) is 31.9 Å². The Kier molecular flexibility index (Phi) is 4.28. The largest absolute Gasteiger partial charge is 0.288 e. The summed E-state index contributed by atoms with van der Waals surface area (Å²) in [5, 5.41) is 10.9. The summed E-state index contributed by atoms with van der Waals surface area (Å²) in [6.45, 7) is 0. The monoisotopic (exact) mass is 329 g/mol. The SMILES string of the molecule is O=C(c1ccccc1Cl)c1cc([N+](=O)[O-])cc(Cl)c1Cl. The Labute approximate surface area is 129 Å². The minimum Gasteiger partial charge on any atom is -0.288 e. The molecule has 0 bridgehead atoms. The molecule has 7 heteroatoms. The first-order valence-corrected chi connectivity index (χ1v) is 6.48. The molecule has 102 valence electrons. The van der Waals surface area contributed by atoms with Gasteiger partial charge >= 0.3 is 0 Å². The zero-order chi connectivity index (χ0) is 14.9. The number of benzene rings is 2. The van der Waals surface area contributed by atoms with Crippen molar-refractivity contribution in [1.82, 2.24) is 0 Å². The highest BCUT2D eigenvalue weighted by Gasteiger charge is 2.21. The topological polar surface area (TPSA) is 60.2 Å². The average molecular weight is 331 g/mol. The van der Waals surface area contributed by atoms with Gasteiger partial charge in [-0.05, 0) is 12.1 Å². The average Bonchev–Trinajstić information content (AvgIpc) is 2.41. The molecule has 0 atom stereocenters. The molecule has 0 saturated carbocycles. The number of ketones is 1. The Hall–Kier alpha value is -1.62. The number of hydrogen-bond acceptors (Lipinski definition) is 3. The molecule has 2 aromatic carbocycles. The molecule has 0 radical (unpaired) electrons. The second kappa shape index (κ2) is 5.79. The van der Waals surface area contributed by atoms with Crippen LogP contribution in [0.5, 0.6) is 0 Å². The van der Waals surface area contributed by atoms with Gasteiger partial charge in [-0.1, -0.05) is 46.9 Å². The first kappa shape index (κ1) is 14.8. The Morgan fingerprint density at radius 3 is 2.25 bits per heavy atom. The van der Waals surface area contributed by atoms with E-state index < -0.39 is 10.7 Å². The molecule has 0 heterocycles. The van der Waals surface area contributed by atoms with Gasteiger partial charge in [0.1, 0.15) is 0 Å². The summed E-state index contributed by atoms with van der Waals surface area (Å²) in [5.74, 6) is -0.522. The molecule has 2 rings (SSSR count). The van der Waals surface area contributed by atoms with E-state index in [0.29, 0.717) is 0 Å². The van der Waals surface area contributed by atoms with Gasteiger partial charge in [0.2, 0.25) is 0 Å². The van der Waals surface area contributed by atoms with E-state index in [1.807, 2.05) is 0 Å². The highest BCUT2D eigenvalue weighted by Crippen LogP contribution is 2.33. The van der Waals surface area contributed by atoms with Crippen molar-refractivity contribution in [1.29, 1.82) is 0 Å². The molecule has 0 fully saturated rings. The molecule has 0 aliphatic rings. The number of halogens is 3. The number of rotatable bonds is 3. The van der Waals surface area contributed by atoms with Gasteiger partial charge in [-0.2, -0.15) is 0 Å². The first-order valence-electron chi connectivity index (χ1n) is 5.34. The van der Waals surface area contributed by atoms with Crippen molar-refractivity contribution in [3.05, 3.63) is 72.7 Å². The molecule has 0 aromatic heterocycles. The second-order valence-electron chi connectivity index (χ2n) is 3.86. The van der Waals surface area contributed by atoms with Crippen molar-refractivity contribution < 1.29 is 9.72 Å². The second-order valence-corrected chi connectivity index (χ2v) is 5.05. The summed E-state index contributed by atoms with van der Waals surface area (Å²) < 4.78 is 0. The van der Waals surface area contributed by atoms with Crippen LogP contribution in [0.1, 0.15) is 15.9 Å². The van der Waals surface area contributed by atoms with Crippen LogP contribution in [-0.2, 0) is 0 Å². The third kappa shape index (κ3) is 2.77. The fourth-order valence-corrected chi connectivity index (χ4v) is 2.27. The summed E-state index contributed by atoms with van der Waals surface area (Å²) >= 11 is 17.7. The van der Waals surface area contributed by atoms with Gasteiger partial charge in [0.25, 0.3) is 5.69 Å². The Morgan fingerprint density at radius 1 is 1.00 bits per heavy atom. The maximum absolute atomic E-state index is 12.4. The zero-order valence-corrected chi connectivity index (χ0v) is 12.0. The van der Waals surface area contributed by atoms with Gasteiger partial charge in [0.05, 0.1) is 20.0 Å². The Balaban J connectivity index is 2.61. The standard InChI is InChI=1S/C13H6Cl3NO3/c14-10-4-2-1-3-8(10)13(18)9-5-7(17(19)20)6-11(15)12(9)16/h1-6H. The van der Waals surface area contributed by atoms with Crippen molar-refractivity contribution in [2.75, 3.05) is 0 Å². The fraction of sp³-hybridized carbons (Fsp3) is 0. The van der Waals surface area contributed by atoms with Crippen LogP contribution in [0.25, 0.3) is 0 Å². The maximum atomic E-state index is 12.4. The van der Waals surface area contributed by atoms with E-state index in [1.165, 1.54) is 6.07 Å². The molecule has 4 nitrogen and oxygen atoms in total. The Bertz CT molecular complexity index is 716. The van der Waals surface area contributed by atoms with E-state index in [9.17, 15) is 14.9 Å². The number of nitro groups is 1. The molecular weight excluding hydrogens is 325 g/mol. The molecule has 0 unspecified atom stereocenters.